The molecule has 0 bridgehead atoms. The van der Waals surface area contributed by atoms with Gasteiger partial charge in [0, 0.05) is 38.2 Å². The van der Waals surface area contributed by atoms with E-state index in [0.29, 0.717) is 17.5 Å². The predicted octanol–water partition coefficient (Wildman–Crippen LogP) is 13.2. The van der Waals surface area contributed by atoms with E-state index in [4.69, 9.17) is 19.4 Å². The Balaban J connectivity index is 1.00. The molecule has 0 saturated carbocycles. The molecule has 56 heavy (non-hydrogen) atoms. The maximum Gasteiger partial charge on any atom is 0.164 e. The van der Waals surface area contributed by atoms with Gasteiger partial charge in [-0.3, -0.25) is 0 Å². The Morgan fingerprint density at radius 3 is 1.55 bits per heavy atom. The molecule has 0 aliphatic carbocycles. The fourth-order valence-corrected chi connectivity index (χ4v) is 8.03. The number of hydrogen-bond acceptors (Lipinski definition) is 4. The molecule has 0 N–H and O–H groups in total. The lowest BCUT2D eigenvalue weighted by atomic mass is 9.99. The maximum absolute atomic E-state index is 6.84. The van der Waals surface area contributed by atoms with Crippen LogP contribution in [-0.4, -0.2) is 19.5 Å². The molecule has 0 fully saturated rings. The van der Waals surface area contributed by atoms with Crippen molar-refractivity contribution in [2.75, 3.05) is 0 Å². The summed E-state index contributed by atoms with van der Waals surface area (Å²) in [5.74, 6) is 1.92. The number of hydrogen-bond donors (Lipinski definition) is 0. The van der Waals surface area contributed by atoms with E-state index in [-0.39, 0.29) is 0 Å². The molecule has 8 aromatic carbocycles. The first-order valence-corrected chi connectivity index (χ1v) is 18.8. The van der Waals surface area contributed by atoms with Crippen LogP contribution in [0.25, 0.3) is 106 Å². The van der Waals surface area contributed by atoms with E-state index in [1.54, 1.807) is 0 Å². The van der Waals surface area contributed by atoms with Crippen molar-refractivity contribution >= 4 is 43.7 Å². The average Bonchev–Trinajstić information content (AvgIpc) is 3.83. The van der Waals surface area contributed by atoms with Gasteiger partial charge in [0.25, 0.3) is 0 Å². The molecule has 0 aliphatic rings. The lowest BCUT2D eigenvalue weighted by molar-refractivity contribution is 0.666. The van der Waals surface area contributed by atoms with Crippen LogP contribution in [0.5, 0.6) is 0 Å². The molecule has 0 unspecified atom stereocenters. The second kappa shape index (κ2) is 13.0. The third-order valence-electron chi connectivity index (χ3n) is 10.7. The first-order chi connectivity index (χ1) is 27.8. The summed E-state index contributed by atoms with van der Waals surface area (Å²) in [4.78, 5) is 14.7. The molecule has 0 aliphatic heterocycles. The predicted molar refractivity (Wildman–Crippen MR) is 229 cm³/mol. The first kappa shape index (κ1) is 31.9. The summed E-state index contributed by atoms with van der Waals surface area (Å²) in [5.41, 5.74) is 12.4. The van der Waals surface area contributed by atoms with Gasteiger partial charge >= 0.3 is 0 Å². The van der Waals surface area contributed by atoms with Crippen LogP contribution in [0.1, 0.15) is 0 Å². The van der Waals surface area contributed by atoms with Crippen LogP contribution in [0.2, 0.25) is 0 Å². The molecule has 5 nitrogen and oxygen atoms in total. The Morgan fingerprint density at radius 2 is 0.875 bits per heavy atom. The van der Waals surface area contributed by atoms with Crippen LogP contribution < -0.4 is 0 Å². The van der Waals surface area contributed by atoms with Crippen LogP contribution in [0.15, 0.2) is 199 Å². The number of nitrogens with zero attached hydrogens (tertiary/aromatic N) is 4. The van der Waals surface area contributed by atoms with E-state index >= 15 is 0 Å². The minimum Gasteiger partial charge on any atom is -0.454 e. The van der Waals surface area contributed by atoms with Gasteiger partial charge in [-0.05, 0) is 52.6 Å². The highest BCUT2D eigenvalue weighted by atomic mass is 16.3. The monoisotopic (exact) mass is 716 g/mol. The minimum atomic E-state index is 0.630. The highest BCUT2D eigenvalue weighted by molar-refractivity contribution is 6.17. The van der Waals surface area contributed by atoms with Crippen molar-refractivity contribution in [2.45, 2.75) is 0 Å². The van der Waals surface area contributed by atoms with Gasteiger partial charge in [-0.25, -0.2) is 15.0 Å². The molecule has 0 saturated heterocycles. The van der Waals surface area contributed by atoms with Gasteiger partial charge in [0.05, 0.1) is 16.7 Å². The zero-order valence-corrected chi connectivity index (χ0v) is 30.2. The van der Waals surface area contributed by atoms with Crippen LogP contribution in [-0.2, 0) is 0 Å². The summed E-state index contributed by atoms with van der Waals surface area (Å²) < 4.78 is 9.19. The standard InChI is InChI=1S/C51H32N4O/c1-4-14-34(15-5-1)39-21-12-24-44-47(39)42-20-10-11-23-43(42)55(44)45-25-13-22-41-40-31-30-38(32-46(40)56-48(41)45)33-26-28-37(29-27-33)51-53-49(35-16-6-2-7-17-35)52-50(54-51)36-18-8-3-9-19-36/h1-32H. The minimum absolute atomic E-state index is 0.630. The Bertz CT molecular complexity index is 3160. The fraction of sp³-hybridized carbons (Fsp3) is 0. The Morgan fingerprint density at radius 1 is 0.357 bits per heavy atom. The van der Waals surface area contributed by atoms with Gasteiger partial charge in [0.15, 0.2) is 23.1 Å². The third kappa shape index (κ3) is 5.29. The summed E-state index contributed by atoms with van der Waals surface area (Å²) in [5, 5.41) is 4.62. The van der Waals surface area contributed by atoms with Gasteiger partial charge < -0.3 is 8.98 Å². The lowest BCUT2D eigenvalue weighted by Crippen LogP contribution is -2.00. The van der Waals surface area contributed by atoms with Gasteiger partial charge in [0.2, 0.25) is 0 Å². The highest BCUT2D eigenvalue weighted by Crippen LogP contribution is 2.42. The van der Waals surface area contributed by atoms with E-state index in [9.17, 15) is 0 Å². The Kier molecular flexibility index (Phi) is 7.42. The van der Waals surface area contributed by atoms with Crippen LogP contribution in [0, 0.1) is 0 Å². The molecule has 3 aromatic heterocycles. The van der Waals surface area contributed by atoms with Crippen molar-refractivity contribution in [3.63, 3.8) is 0 Å². The molecule has 0 atom stereocenters. The van der Waals surface area contributed by atoms with Crippen LogP contribution >= 0.6 is 0 Å². The zero-order valence-electron chi connectivity index (χ0n) is 30.2. The molecule has 0 spiro atoms. The van der Waals surface area contributed by atoms with Crippen LogP contribution in [0.3, 0.4) is 0 Å². The molecule has 3 heterocycles. The quantitative estimate of drug-likeness (QED) is 0.172. The first-order valence-electron chi connectivity index (χ1n) is 18.8. The van der Waals surface area contributed by atoms with Gasteiger partial charge in [-0.2, -0.15) is 0 Å². The normalized spacial score (nSPS) is 11.6. The van der Waals surface area contributed by atoms with E-state index in [2.05, 4.69) is 138 Å². The summed E-state index contributed by atoms with van der Waals surface area (Å²) >= 11 is 0. The smallest absolute Gasteiger partial charge is 0.164 e. The Hall–Kier alpha value is -7.63. The van der Waals surface area contributed by atoms with Crippen molar-refractivity contribution in [3.8, 4) is 62.1 Å². The van der Waals surface area contributed by atoms with E-state index in [1.807, 2.05) is 60.7 Å². The number of aromatic nitrogens is 4. The molecule has 11 aromatic rings. The van der Waals surface area contributed by atoms with E-state index in [1.165, 1.54) is 21.9 Å². The number of rotatable bonds is 6. The second-order valence-electron chi connectivity index (χ2n) is 14.0. The number of furan rings is 1. The topological polar surface area (TPSA) is 56.7 Å². The van der Waals surface area contributed by atoms with Crippen molar-refractivity contribution in [1.82, 2.24) is 19.5 Å². The van der Waals surface area contributed by atoms with Crippen LogP contribution in [0.4, 0.5) is 0 Å². The molecule has 11 rings (SSSR count). The lowest BCUT2D eigenvalue weighted by Gasteiger charge is -2.09. The van der Waals surface area contributed by atoms with Gasteiger partial charge in [0.1, 0.15) is 5.58 Å². The van der Waals surface area contributed by atoms with Gasteiger partial charge in [-0.15, -0.1) is 0 Å². The average molecular weight is 717 g/mol. The zero-order chi connectivity index (χ0) is 37.0. The maximum atomic E-state index is 6.84. The van der Waals surface area contributed by atoms with Crippen molar-refractivity contribution in [2.24, 2.45) is 0 Å². The number of benzene rings is 8. The summed E-state index contributed by atoms with van der Waals surface area (Å²) in [7, 11) is 0. The summed E-state index contributed by atoms with van der Waals surface area (Å²) in [6.07, 6.45) is 0. The molecule has 0 radical (unpaired) electrons. The summed E-state index contributed by atoms with van der Waals surface area (Å²) in [6.45, 7) is 0. The van der Waals surface area contributed by atoms with E-state index in [0.717, 1.165) is 66.5 Å². The Labute approximate surface area is 322 Å². The molecular formula is C51H32N4O. The van der Waals surface area contributed by atoms with Crippen molar-refractivity contribution in [3.05, 3.63) is 194 Å². The summed E-state index contributed by atoms with van der Waals surface area (Å²) in [6, 6.07) is 67.4. The molecule has 5 heteroatoms. The molecule has 262 valence electrons. The molecule has 0 amide bonds. The van der Waals surface area contributed by atoms with Gasteiger partial charge in [-0.1, -0.05) is 164 Å². The fourth-order valence-electron chi connectivity index (χ4n) is 8.03. The van der Waals surface area contributed by atoms with Crippen molar-refractivity contribution in [1.29, 1.82) is 0 Å². The van der Waals surface area contributed by atoms with E-state index < -0.39 is 0 Å². The largest absolute Gasteiger partial charge is 0.454 e. The third-order valence-corrected chi connectivity index (χ3v) is 10.7. The van der Waals surface area contributed by atoms with Crippen molar-refractivity contribution < 1.29 is 4.42 Å². The SMILES string of the molecule is c1ccc(-c2nc(-c3ccccc3)nc(-c3ccc(-c4ccc5c(c4)oc4c(-n6c7ccccc7c7c(-c8ccccc8)cccc76)cccc45)cc3)n2)cc1. The second-order valence-corrected chi connectivity index (χ2v) is 14.0. The highest BCUT2D eigenvalue weighted by Gasteiger charge is 2.20. The number of fused-ring (bicyclic) bond motifs is 6. The number of para-hydroxylation sites is 2. The molecular weight excluding hydrogens is 685 g/mol.